The molecule has 0 saturated heterocycles. The third-order valence-electron chi connectivity index (χ3n) is 0. The lowest BCUT2D eigenvalue weighted by Gasteiger charge is -1.31. The van der Waals surface area contributed by atoms with Crippen LogP contribution in [-0.4, -0.2) is 0 Å². The van der Waals surface area contributed by atoms with Gasteiger partial charge in [0.15, 0.2) is 0 Å². The Morgan fingerprint density at radius 1 is 1.40 bits per heavy atom. The van der Waals surface area contributed by atoms with Crippen molar-refractivity contribution in [3.63, 3.8) is 0 Å². The lowest BCUT2D eigenvalue weighted by Crippen LogP contribution is -1.07. The maximum absolute atomic E-state index is 3.36. The van der Waals surface area contributed by atoms with Crippen molar-refractivity contribution in [2.24, 2.45) is 0 Å². The average Bonchev–Trinajstić information content (AvgIpc) is 0.918. The molecule has 0 aliphatic rings. The second-order valence-corrected chi connectivity index (χ2v) is 0.408. The molecule has 0 spiro atoms. The van der Waals surface area contributed by atoms with Crippen LogP contribution in [0.4, 0.5) is 0 Å². The zero-order valence-corrected chi connectivity index (χ0v) is 6.53. The highest BCUT2D eigenvalue weighted by atomic mass is 79.9. The third kappa shape index (κ3) is 69.9. The number of hydrogen-bond donors (Lipinski definition) is 0. The zero-order valence-electron chi connectivity index (χ0n) is 3.10. The summed E-state index contributed by atoms with van der Waals surface area (Å²) in [4.78, 5) is 0. The van der Waals surface area contributed by atoms with E-state index >= 15 is 0 Å². The van der Waals surface area contributed by atoms with Crippen LogP contribution in [0.5, 0.6) is 0 Å². The summed E-state index contributed by atoms with van der Waals surface area (Å²) in [6, 6.07) is 0. The fraction of sp³-hybridized carbons (Fsp3) is 0.333. The molecule has 5 heavy (non-hydrogen) atoms. The Morgan fingerprint density at radius 3 is 1.40 bits per heavy atom. The van der Waals surface area contributed by atoms with Gasteiger partial charge in [0.05, 0.1) is 0 Å². The first kappa shape index (κ1) is 17.3. The van der Waals surface area contributed by atoms with Gasteiger partial charge in [0, 0.05) is 0 Å². The first-order valence-electron chi connectivity index (χ1n) is 0.986. The average molecular weight is 204 g/mol. The van der Waals surface area contributed by atoms with Gasteiger partial charge in [0.1, 0.15) is 0 Å². The summed E-state index contributed by atoms with van der Waals surface area (Å²) in [6.07, 6.45) is 1.75. The first-order valence-corrected chi connectivity index (χ1v) is 0.986. The van der Waals surface area contributed by atoms with Gasteiger partial charge in [-0.05, 0) is 6.92 Å². The fourth-order valence-electron chi connectivity index (χ4n) is 0. The SMILES string of the molecule is Br.Br.C=CC. The van der Waals surface area contributed by atoms with E-state index in [9.17, 15) is 0 Å². The van der Waals surface area contributed by atoms with E-state index < -0.39 is 0 Å². The molecular weight excluding hydrogens is 196 g/mol. The van der Waals surface area contributed by atoms with Gasteiger partial charge < -0.3 is 0 Å². The van der Waals surface area contributed by atoms with E-state index in [1.165, 1.54) is 0 Å². The largest absolute Gasteiger partial charge is 0.114 e. The molecule has 0 unspecified atom stereocenters. The van der Waals surface area contributed by atoms with Gasteiger partial charge in [-0.2, -0.15) is 0 Å². The summed E-state index contributed by atoms with van der Waals surface area (Å²) in [7, 11) is 0. The summed E-state index contributed by atoms with van der Waals surface area (Å²) in [5.74, 6) is 0. The molecule has 0 aliphatic carbocycles. The van der Waals surface area contributed by atoms with Gasteiger partial charge in [0.25, 0.3) is 0 Å². The van der Waals surface area contributed by atoms with Gasteiger partial charge in [-0.1, -0.05) is 6.08 Å². The quantitative estimate of drug-likeness (QED) is 0.531. The van der Waals surface area contributed by atoms with Crippen LogP contribution in [0.25, 0.3) is 0 Å². The van der Waals surface area contributed by atoms with Gasteiger partial charge in [-0.15, -0.1) is 40.5 Å². The summed E-state index contributed by atoms with van der Waals surface area (Å²) in [6.45, 7) is 5.25. The second kappa shape index (κ2) is 22.3. The van der Waals surface area contributed by atoms with Crippen LogP contribution in [0.1, 0.15) is 6.92 Å². The highest BCUT2D eigenvalue weighted by Crippen LogP contribution is 1.38. The molecule has 2 heteroatoms. The molecule has 0 aromatic rings. The summed E-state index contributed by atoms with van der Waals surface area (Å²) in [5.41, 5.74) is 0. The molecule has 0 aromatic carbocycles. The van der Waals surface area contributed by atoms with Gasteiger partial charge >= 0.3 is 0 Å². The minimum absolute atomic E-state index is 0. The van der Waals surface area contributed by atoms with Crippen molar-refractivity contribution in [1.82, 2.24) is 0 Å². The topological polar surface area (TPSA) is 0 Å². The van der Waals surface area contributed by atoms with Crippen LogP contribution in [0.2, 0.25) is 0 Å². The van der Waals surface area contributed by atoms with E-state index in [1.807, 2.05) is 6.92 Å². The highest BCUT2D eigenvalue weighted by Gasteiger charge is 1.15. The molecule has 0 radical (unpaired) electrons. The molecule has 0 N–H and O–H groups in total. The van der Waals surface area contributed by atoms with Crippen molar-refractivity contribution in [2.45, 2.75) is 6.92 Å². The molecule has 0 nitrogen and oxygen atoms in total. The van der Waals surface area contributed by atoms with Crippen LogP contribution >= 0.6 is 34.0 Å². The Balaban J connectivity index is -0.0000000200. The zero-order chi connectivity index (χ0) is 2.71. The molecule has 0 bridgehead atoms. The van der Waals surface area contributed by atoms with E-state index in [4.69, 9.17) is 0 Å². The second-order valence-electron chi connectivity index (χ2n) is 0.408. The maximum Gasteiger partial charge on any atom is -0.0473 e. The van der Waals surface area contributed by atoms with E-state index in [-0.39, 0.29) is 34.0 Å². The van der Waals surface area contributed by atoms with Crippen molar-refractivity contribution in [3.8, 4) is 0 Å². The minimum atomic E-state index is 0. The molecule has 0 amide bonds. The Hall–Kier alpha value is 0.700. The maximum atomic E-state index is 3.36. The molecule has 34 valence electrons. The van der Waals surface area contributed by atoms with Crippen LogP contribution in [0.15, 0.2) is 12.7 Å². The van der Waals surface area contributed by atoms with E-state index in [0.717, 1.165) is 0 Å². The van der Waals surface area contributed by atoms with Crippen molar-refractivity contribution in [3.05, 3.63) is 12.7 Å². The van der Waals surface area contributed by atoms with Gasteiger partial charge in [-0.3, -0.25) is 0 Å². The van der Waals surface area contributed by atoms with Crippen LogP contribution < -0.4 is 0 Å². The molecule has 0 heterocycles. The fourth-order valence-corrected chi connectivity index (χ4v) is 0. The molecule has 0 aromatic heterocycles. The summed E-state index contributed by atoms with van der Waals surface area (Å²) in [5, 5.41) is 0. The van der Waals surface area contributed by atoms with Crippen molar-refractivity contribution >= 4 is 34.0 Å². The van der Waals surface area contributed by atoms with E-state index in [2.05, 4.69) is 6.58 Å². The lowest BCUT2D eigenvalue weighted by molar-refractivity contribution is 1.80. The molecule has 0 saturated carbocycles. The number of allylic oxidation sites excluding steroid dienone is 1. The highest BCUT2D eigenvalue weighted by molar-refractivity contribution is 8.93. The smallest absolute Gasteiger partial charge is 0.0473 e. The lowest BCUT2D eigenvalue weighted by atomic mass is 10.8. The number of halogens is 2. The monoisotopic (exact) mass is 202 g/mol. The molecule has 0 fully saturated rings. The standard InChI is InChI=1S/C3H6.2BrH/c1-3-2;;/h3H,1H2,2H3;2*1H. The molecule has 0 atom stereocenters. The van der Waals surface area contributed by atoms with E-state index in [0.29, 0.717) is 0 Å². The predicted octanol–water partition coefficient (Wildman–Crippen LogP) is 2.35. The van der Waals surface area contributed by atoms with Crippen molar-refractivity contribution in [1.29, 1.82) is 0 Å². The summed E-state index contributed by atoms with van der Waals surface area (Å²) >= 11 is 0. The minimum Gasteiger partial charge on any atom is -0.114 e. The van der Waals surface area contributed by atoms with Crippen LogP contribution in [-0.2, 0) is 0 Å². The number of hydrogen-bond acceptors (Lipinski definition) is 0. The van der Waals surface area contributed by atoms with Gasteiger partial charge in [-0.25, -0.2) is 0 Å². The Labute approximate surface area is 53.8 Å². The van der Waals surface area contributed by atoms with Crippen LogP contribution in [0.3, 0.4) is 0 Å². The third-order valence-corrected chi connectivity index (χ3v) is 0. The Morgan fingerprint density at radius 2 is 1.40 bits per heavy atom. The number of rotatable bonds is 0. The predicted molar refractivity (Wildman–Crippen MR) is 36.5 cm³/mol. The first-order chi connectivity index (χ1) is 1.41. The Bertz CT molecular complexity index is 12.4. The Kier molecular flexibility index (Phi) is 76.9. The van der Waals surface area contributed by atoms with Gasteiger partial charge in [0.2, 0.25) is 0 Å². The van der Waals surface area contributed by atoms with E-state index in [1.54, 1.807) is 6.08 Å². The molecular formula is C3H8Br2. The van der Waals surface area contributed by atoms with Crippen molar-refractivity contribution in [2.75, 3.05) is 0 Å². The van der Waals surface area contributed by atoms with Crippen LogP contribution in [0, 0.1) is 0 Å². The molecule has 0 aliphatic heterocycles. The summed E-state index contributed by atoms with van der Waals surface area (Å²) < 4.78 is 0. The molecule has 0 rings (SSSR count). The normalized spacial score (nSPS) is 2.60. The van der Waals surface area contributed by atoms with Crippen molar-refractivity contribution < 1.29 is 0 Å².